The molecule has 0 amide bonds. The first kappa shape index (κ1) is 13.5. The van der Waals surface area contributed by atoms with E-state index >= 15 is 0 Å². The molecule has 1 saturated carbocycles. The third-order valence-corrected chi connectivity index (χ3v) is 4.26. The van der Waals surface area contributed by atoms with Crippen molar-refractivity contribution in [2.24, 2.45) is 7.05 Å². The molecule has 1 heterocycles. The molecule has 6 nitrogen and oxygen atoms in total. The molecule has 2 rings (SSSR count). The monoisotopic (exact) mass is 272 g/mol. The molecule has 0 aromatic carbocycles. The van der Waals surface area contributed by atoms with Gasteiger partial charge in [-0.05, 0) is 24.8 Å². The normalized spacial score (nSPS) is 16.1. The van der Waals surface area contributed by atoms with Gasteiger partial charge in [-0.3, -0.25) is 4.68 Å². The predicted molar refractivity (Wildman–Crippen MR) is 69.7 cm³/mol. The highest BCUT2D eigenvalue weighted by Crippen LogP contribution is 2.17. The molecule has 0 radical (unpaired) electrons. The molecule has 1 aromatic heterocycles. The van der Waals surface area contributed by atoms with Gasteiger partial charge in [-0.15, -0.1) is 0 Å². The van der Waals surface area contributed by atoms with Crippen molar-refractivity contribution < 1.29 is 8.42 Å². The SMILES string of the molecule is Cn1cc(CCNS(=O)(=O)CCNC2CC2)cn1. The van der Waals surface area contributed by atoms with Crippen LogP contribution in [0.5, 0.6) is 0 Å². The van der Waals surface area contributed by atoms with E-state index in [2.05, 4.69) is 15.1 Å². The molecule has 1 aromatic rings. The number of aryl methyl sites for hydroxylation is 1. The molecular formula is C11H20N4O2S. The van der Waals surface area contributed by atoms with Crippen molar-refractivity contribution in [1.82, 2.24) is 19.8 Å². The zero-order chi connectivity index (χ0) is 13.0. The van der Waals surface area contributed by atoms with Crippen molar-refractivity contribution in [3.63, 3.8) is 0 Å². The summed E-state index contributed by atoms with van der Waals surface area (Å²) in [5, 5.41) is 7.23. The molecule has 1 aliphatic carbocycles. The van der Waals surface area contributed by atoms with E-state index in [1.165, 1.54) is 12.8 Å². The van der Waals surface area contributed by atoms with Crippen LogP contribution in [0.1, 0.15) is 18.4 Å². The Bertz CT molecular complexity index is 479. The number of hydrogen-bond acceptors (Lipinski definition) is 4. The van der Waals surface area contributed by atoms with Crippen LogP contribution in [0.2, 0.25) is 0 Å². The number of nitrogens with one attached hydrogen (secondary N) is 2. The zero-order valence-electron chi connectivity index (χ0n) is 10.6. The maximum Gasteiger partial charge on any atom is 0.212 e. The molecule has 0 spiro atoms. The van der Waals surface area contributed by atoms with Crippen molar-refractivity contribution in [3.8, 4) is 0 Å². The van der Waals surface area contributed by atoms with Crippen LogP contribution in [0.4, 0.5) is 0 Å². The minimum Gasteiger partial charge on any atom is -0.313 e. The summed E-state index contributed by atoms with van der Waals surface area (Å²) in [6, 6.07) is 0.551. The Hall–Kier alpha value is -0.920. The van der Waals surface area contributed by atoms with Gasteiger partial charge in [-0.2, -0.15) is 5.10 Å². The summed E-state index contributed by atoms with van der Waals surface area (Å²) in [7, 11) is -1.31. The van der Waals surface area contributed by atoms with Crippen molar-refractivity contribution >= 4 is 10.0 Å². The third kappa shape index (κ3) is 4.75. The molecule has 18 heavy (non-hydrogen) atoms. The lowest BCUT2D eigenvalue weighted by Crippen LogP contribution is -2.33. The Labute approximate surface area is 108 Å². The van der Waals surface area contributed by atoms with Crippen LogP contribution in [0.25, 0.3) is 0 Å². The Kier molecular flexibility index (Phi) is 4.36. The fraction of sp³-hybridized carbons (Fsp3) is 0.727. The average molecular weight is 272 g/mol. The fourth-order valence-corrected chi connectivity index (χ4v) is 2.65. The quantitative estimate of drug-likeness (QED) is 0.677. The van der Waals surface area contributed by atoms with E-state index in [1.54, 1.807) is 10.9 Å². The lowest BCUT2D eigenvalue weighted by atomic mass is 10.3. The second-order valence-corrected chi connectivity index (χ2v) is 6.64. The van der Waals surface area contributed by atoms with E-state index in [0.717, 1.165) is 5.56 Å². The van der Waals surface area contributed by atoms with Crippen molar-refractivity contribution in [2.75, 3.05) is 18.8 Å². The molecular weight excluding hydrogens is 252 g/mol. The number of rotatable bonds is 8. The molecule has 2 N–H and O–H groups in total. The topological polar surface area (TPSA) is 76.0 Å². The van der Waals surface area contributed by atoms with Gasteiger partial charge in [-0.25, -0.2) is 13.1 Å². The lowest BCUT2D eigenvalue weighted by molar-refractivity contribution is 0.576. The van der Waals surface area contributed by atoms with Gasteiger partial charge < -0.3 is 5.32 Å². The average Bonchev–Trinajstić information content (AvgIpc) is 3.01. The third-order valence-electron chi connectivity index (χ3n) is 2.88. The Morgan fingerprint density at radius 2 is 2.22 bits per heavy atom. The summed E-state index contributed by atoms with van der Waals surface area (Å²) in [6.07, 6.45) is 6.66. The number of sulfonamides is 1. The minimum absolute atomic E-state index is 0.149. The highest BCUT2D eigenvalue weighted by Gasteiger charge is 2.21. The molecule has 1 aliphatic rings. The first-order valence-electron chi connectivity index (χ1n) is 6.23. The largest absolute Gasteiger partial charge is 0.313 e. The summed E-state index contributed by atoms with van der Waals surface area (Å²) in [5.74, 6) is 0.149. The molecule has 1 fully saturated rings. The smallest absolute Gasteiger partial charge is 0.212 e. The molecule has 0 saturated heterocycles. The number of nitrogens with zero attached hydrogens (tertiary/aromatic N) is 2. The molecule has 102 valence electrons. The molecule has 0 bridgehead atoms. The first-order chi connectivity index (χ1) is 8.55. The van der Waals surface area contributed by atoms with Crippen LogP contribution in [0, 0.1) is 0 Å². The van der Waals surface area contributed by atoms with Crippen LogP contribution >= 0.6 is 0 Å². The maximum absolute atomic E-state index is 11.7. The molecule has 0 atom stereocenters. The minimum atomic E-state index is -3.15. The Morgan fingerprint density at radius 3 is 2.83 bits per heavy atom. The van der Waals surface area contributed by atoms with Gasteiger partial charge >= 0.3 is 0 Å². The van der Waals surface area contributed by atoms with E-state index in [-0.39, 0.29) is 5.75 Å². The first-order valence-corrected chi connectivity index (χ1v) is 7.89. The molecule has 0 aliphatic heterocycles. The predicted octanol–water partition coefficient (Wildman–Crippen LogP) is -0.366. The van der Waals surface area contributed by atoms with Crippen molar-refractivity contribution in [2.45, 2.75) is 25.3 Å². The zero-order valence-corrected chi connectivity index (χ0v) is 11.4. The fourth-order valence-electron chi connectivity index (χ4n) is 1.71. The summed E-state index contributed by atoms with van der Waals surface area (Å²) in [4.78, 5) is 0. The highest BCUT2D eigenvalue weighted by molar-refractivity contribution is 7.89. The summed E-state index contributed by atoms with van der Waals surface area (Å²) >= 11 is 0. The second-order valence-electron chi connectivity index (χ2n) is 4.71. The standard InChI is InChI=1S/C11H20N4O2S/c1-15-9-10(8-13-15)4-5-14-18(16,17)7-6-12-11-2-3-11/h8-9,11-12,14H,2-7H2,1H3. The van der Waals surface area contributed by atoms with Gasteiger partial charge in [-0.1, -0.05) is 0 Å². The highest BCUT2D eigenvalue weighted by atomic mass is 32.2. The molecule has 7 heteroatoms. The van der Waals surface area contributed by atoms with Gasteiger partial charge in [0.1, 0.15) is 0 Å². The number of hydrogen-bond donors (Lipinski definition) is 2. The Morgan fingerprint density at radius 1 is 1.44 bits per heavy atom. The van der Waals surface area contributed by atoms with E-state index < -0.39 is 10.0 Å². The van der Waals surface area contributed by atoms with Crippen LogP contribution in [0.3, 0.4) is 0 Å². The van der Waals surface area contributed by atoms with Gasteiger partial charge in [0.25, 0.3) is 0 Å². The van der Waals surface area contributed by atoms with Crippen LogP contribution in [-0.2, 0) is 23.5 Å². The van der Waals surface area contributed by atoms with Crippen LogP contribution < -0.4 is 10.0 Å². The van der Waals surface area contributed by atoms with Gasteiger partial charge in [0.05, 0.1) is 11.9 Å². The van der Waals surface area contributed by atoms with Gasteiger partial charge in [0.2, 0.25) is 10.0 Å². The van der Waals surface area contributed by atoms with Gasteiger partial charge in [0, 0.05) is 32.4 Å². The Balaban J connectivity index is 1.64. The van der Waals surface area contributed by atoms with E-state index in [4.69, 9.17) is 0 Å². The van der Waals surface area contributed by atoms with Crippen LogP contribution in [0.15, 0.2) is 12.4 Å². The van der Waals surface area contributed by atoms with Crippen molar-refractivity contribution in [1.29, 1.82) is 0 Å². The maximum atomic E-state index is 11.7. The summed E-state index contributed by atoms with van der Waals surface area (Å²) < 4.78 is 27.6. The van der Waals surface area contributed by atoms with E-state index in [0.29, 0.717) is 25.6 Å². The number of aromatic nitrogens is 2. The molecule has 0 unspecified atom stereocenters. The second kappa shape index (κ2) is 5.81. The van der Waals surface area contributed by atoms with E-state index in [9.17, 15) is 8.42 Å². The summed E-state index contributed by atoms with van der Waals surface area (Å²) in [5.41, 5.74) is 1.04. The summed E-state index contributed by atoms with van der Waals surface area (Å²) in [6.45, 7) is 0.963. The van der Waals surface area contributed by atoms with Crippen molar-refractivity contribution in [3.05, 3.63) is 18.0 Å². The van der Waals surface area contributed by atoms with Crippen LogP contribution in [-0.4, -0.2) is 43.1 Å². The lowest BCUT2D eigenvalue weighted by Gasteiger charge is -2.06. The van der Waals surface area contributed by atoms with Gasteiger partial charge in [0.15, 0.2) is 0 Å². The van der Waals surface area contributed by atoms with E-state index in [1.807, 2.05) is 13.2 Å².